The van der Waals surface area contributed by atoms with Crippen molar-refractivity contribution >= 4 is 11.9 Å². The monoisotopic (exact) mass is 194 g/mol. The van der Waals surface area contributed by atoms with E-state index < -0.39 is 0 Å². The molecule has 1 aromatic carbocycles. The lowest BCUT2D eigenvalue weighted by atomic mass is 10.1. The largest absolute Gasteiger partial charge is 0.497 e. The SMILES string of the molecule is COc1ccc(C(/C=N\O)=N/O)cc1. The molecule has 0 heterocycles. The Morgan fingerprint density at radius 2 is 1.93 bits per heavy atom. The van der Waals surface area contributed by atoms with Crippen LogP contribution in [0.2, 0.25) is 0 Å². The Morgan fingerprint density at radius 1 is 1.29 bits per heavy atom. The van der Waals surface area contributed by atoms with Gasteiger partial charge in [-0.2, -0.15) is 0 Å². The van der Waals surface area contributed by atoms with Crippen molar-refractivity contribution in [3.8, 4) is 5.75 Å². The zero-order chi connectivity index (χ0) is 10.4. The highest BCUT2D eigenvalue weighted by atomic mass is 16.5. The van der Waals surface area contributed by atoms with E-state index in [4.69, 9.17) is 15.2 Å². The van der Waals surface area contributed by atoms with E-state index in [2.05, 4.69) is 10.3 Å². The quantitative estimate of drug-likeness (QED) is 0.433. The fourth-order valence-corrected chi connectivity index (χ4v) is 0.975. The average molecular weight is 194 g/mol. The van der Waals surface area contributed by atoms with Gasteiger partial charge in [0, 0.05) is 5.56 Å². The smallest absolute Gasteiger partial charge is 0.131 e. The van der Waals surface area contributed by atoms with Gasteiger partial charge in [0.05, 0.1) is 13.3 Å². The summed E-state index contributed by atoms with van der Waals surface area (Å²) in [5.74, 6) is 0.701. The molecule has 0 saturated carbocycles. The third-order valence-corrected chi connectivity index (χ3v) is 1.67. The molecule has 0 aliphatic heterocycles. The summed E-state index contributed by atoms with van der Waals surface area (Å²) in [7, 11) is 1.56. The Balaban J connectivity index is 2.96. The topological polar surface area (TPSA) is 74.4 Å². The predicted molar refractivity (Wildman–Crippen MR) is 51.6 cm³/mol. The van der Waals surface area contributed by atoms with Crippen molar-refractivity contribution < 1.29 is 15.2 Å². The maximum Gasteiger partial charge on any atom is 0.131 e. The van der Waals surface area contributed by atoms with E-state index in [0.29, 0.717) is 11.3 Å². The fraction of sp³-hybridized carbons (Fsp3) is 0.111. The van der Waals surface area contributed by atoms with Crippen molar-refractivity contribution in [1.29, 1.82) is 0 Å². The van der Waals surface area contributed by atoms with Gasteiger partial charge in [0.1, 0.15) is 11.5 Å². The number of ether oxygens (including phenoxy) is 1. The lowest BCUT2D eigenvalue weighted by molar-refractivity contribution is 0.316. The molecule has 0 aromatic heterocycles. The summed E-state index contributed by atoms with van der Waals surface area (Å²) in [6.45, 7) is 0. The molecule has 74 valence electrons. The van der Waals surface area contributed by atoms with Gasteiger partial charge < -0.3 is 15.2 Å². The zero-order valence-corrected chi connectivity index (χ0v) is 7.58. The molecule has 14 heavy (non-hydrogen) atoms. The van der Waals surface area contributed by atoms with Crippen LogP contribution >= 0.6 is 0 Å². The summed E-state index contributed by atoms with van der Waals surface area (Å²) in [6.07, 6.45) is 1.04. The molecule has 0 aliphatic carbocycles. The van der Waals surface area contributed by atoms with Crippen LogP contribution in [0, 0.1) is 0 Å². The van der Waals surface area contributed by atoms with Crippen LogP contribution in [0.5, 0.6) is 5.75 Å². The van der Waals surface area contributed by atoms with Crippen molar-refractivity contribution in [2.24, 2.45) is 10.3 Å². The summed E-state index contributed by atoms with van der Waals surface area (Å²) in [6, 6.07) is 6.81. The third kappa shape index (κ3) is 2.22. The second kappa shape index (κ2) is 4.86. The van der Waals surface area contributed by atoms with Gasteiger partial charge in [-0.15, -0.1) is 0 Å². The van der Waals surface area contributed by atoms with E-state index in [1.54, 1.807) is 31.4 Å². The molecule has 0 bridgehead atoms. The van der Waals surface area contributed by atoms with E-state index in [1.165, 1.54) is 0 Å². The molecule has 5 nitrogen and oxygen atoms in total. The van der Waals surface area contributed by atoms with Crippen LogP contribution in [-0.4, -0.2) is 29.5 Å². The molecule has 0 spiro atoms. The third-order valence-electron chi connectivity index (χ3n) is 1.67. The number of benzene rings is 1. The Labute approximate surface area is 80.9 Å². The summed E-state index contributed by atoms with van der Waals surface area (Å²) in [4.78, 5) is 0. The minimum Gasteiger partial charge on any atom is -0.497 e. The molecule has 1 rings (SSSR count). The first-order valence-electron chi connectivity index (χ1n) is 3.85. The van der Waals surface area contributed by atoms with Crippen molar-refractivity contribution in [2.75, 3.05) is 7.11 Å². The second-order valence-corrected chi connectivity index (χ2v) is 2.46. The van der Waals surface area contributed by atoms with Gasteiger partial charge >= 0.3 is 0 Å². The average Bonchev–Trinajstić information content (AvgIpc) is 2.26. The molecule has 2 N–H and O–H groups in total. The van der Waals surface area contributed by atoms with Gasteiger partial charge in [0.2, 0.25) is 0 Å². The normalized spacial score (nSPS) is 11.9. The zero-order valence-electron chi connectivity index (χ0n) is 7.58. The van der Waals surface area contributed by atoms with Crippen molar-refractivity contribution in [3.63, 3.8) is 0 Å². The summed E-state index contributed by atoms with van der Waals surface area (Å²) < 4.78 is 4.96. The lowest BCUT2D eigenvalue weighted by Gasteiger charge is -2.01. The number of hydrogen-bond acceptors (Lipinski definition) is 5. The number of rotatable bonds is 3. The number of nitrogens with zero attached hydrogens (tertiary/aromatic N) is 2. The molecule has 0 unspecified atom stereocenters. The van der Waals surface area contributed by atoms with E-state index in [-0.39, 0.29) is 5.71 Å². The van der Waals surface area contributed by atoms with Crippen LogP contribution in [0.4, 0.5) is 0 Å². The molecule has 1 aromatic rings. The lowest BCUT2D eigenvalue weighted by Crippen LogP contribution is -2.02. The van der Waals surface area contributed by atoms with Gasteiger partial charge in [-0.05, 0) is 24.3 Å². The first kappa shape index (κ1) is 10.0. The summed E-state index contributed by atoms with van der Waals surface area (Å²) in [5, 5.41) is 22.6. The molecular formula is C9H10N2O3. The highest BCUT2D eigenvalue weighted by Gasteiger charge is 2.01. The molecule has 0 saturated heterocycles. The Morgan fingerprint density at radius 3 is 2.36 bits per heavy atom. The van der Waals surface area contributed by atoms with E-state index in [1.807, 2.05) is 0 Å². The summed E-state index contributed by atoms with van der Waals surface area (Å²) >= 11 is 0. The standard InChI is InChI=1S/C9H10N2O3/c1-14-8-4-2-7(3-5-8)9(11-13)6-10-12/h2-6,12-13H,1H3/b10-6-,11-9+. The van der Waals surface area contributed by atoms with Crippen LogP contribution in [0.3, 0.4) is 0 Å². The van der Waals surface area contributed by atoms with Gasteiger partial charge in [0.25, 0.3) is 0 Å². The molecular weight excluding hydrogens is 184 g/mol. The van der Waals surface area contributed by atoms with Crippen molar-refractivity contribution in [3.05, 3.63) is 29.8 Å². The van der Waals surface area contributed by atoms with Gasteiger partial charge in [-0.1, -0.05) is 10.3 Å². The molecule has 0 fully saturated rings. The van der Waals surface area contributed by atoms with Gasteiger partial charge in [-0.3, -0.25) is 0 Å². The highest BCUT2D eigenvalue weighted by Crippen LogP contribution is 2.11. The minimum atomic E-state index is 0.176. The minimum absolute atomic E-state index is 0.176. The van der Waals surface area contributed by atoms with Crippen LogP contribution in [0.15, 0.2) is 34.6 Å². The summed E-state index contributed by atoms with van der Waals surface area (Å²) in [5.41, 5.74) is 0.807. The Bertz CT molecular complexity index is 344. The number of oxime groups is 2. The first-order chi connectivity index (χ1) is 6.81. The fourth-order valence-electron chi connectivity index (χ4n) is 0.975. The maximum atomic E-state index is 8.59. The number of methoxy groups -OCH3 is 1. The van der Waals surface area contributed by atoms with Crippen LogP contribution in [-0.2, 0) is 0 Å². The predicted octanol–water partition coefficient (Wildman–Crippen LogP) is 1.33. The van der Waals surface area contributed by atoms with Gasteiger partial charge in [-0.25, -0.2) is 0 Å². The van der Waals surface area contributed by atoms with Crippen LogP contribution in [0.25, 0.3) is 0 Å². The molecule has 0 radical (unpaired) electrons. The van der Waals surface area contributed by atoms with Crippen molar-refractivity contribution in [2.45, 2.75) is 0 Å². The first-order valence-corrected chi connectivity index (χ1v) is 3.85. The maximum absolute atomic E-state index is 8.59. The molecule has 5 heteroatoms. The number of hydrogen-bond donors (Lipinski definition) is 2. The molecule has 0 atom stereocenters. The highest BCUT2D eigenvalue weighted by molar-refractivity contribution is 6.37. The van der Waals surface area contributed by atoms with Crippen LogP contribution < -0.4 is 4.74 Å². The van der Waals surface area contributed by atoms with E-state index in [0.717, 1.165) is 6.21 Å². The van der Waals surface area contributed by atoms with Crippen LogP contribution in [0.1, 0.15) is 5.56 Å². The second-order valence-electron chi connectivity index (χ2n) is 2.46. The van der Waals surface area contributed by atoms with Gasteiger partial charge in [0.15, 0.2) is 0 Å². The van der Waals surface area contributed by atoms with E-state index in [9.17, 15) is 0 Å². The Hall–Kier alpha value is -2.04. The van der Waals surface area contributed by atoms with Crippen molar-refractivity contribution in [1.82, 2.24) is 0 Å². The Kier molecular flexibility index (Phi) is 3.49. The molecule has 0 amide bonds. The van der Waals surface area contributed by atoms with E-state index >= 15 is 0 Å². The molecule has 0 aliphatic rings.